The predicted molar refractivity (Wildman–Crippen MR) is 77.1 cm³/mol. The van der Waals surface area contributed by atoms with Crippen molar-refractivity contribution in [3.63, 3.8) is 0 Å². The monoisotopic (exact) mass is 289 g/mol. The van der Waals surface area contributed by atoms with Crippen LogP contribution >= 0.6 is 0 Å². The Bertz CT molecular complexity index is 571. The molecular weight excluding hydrogens is 270 g/mol. The highest BCUT2D eigenvalue weighted by atomic mass is 16.5. The number of carboxylic acids is 1. The van der Waals surface area contributed by atoms with E-state index in [1.54, 1.807) is 31.4 Å². The first kappa shape index (κ1) is 13.9. The molecule has 2 N–H and O–H groups in total. The van der Waals surface area contributed by atoms with Crippen LogP contribution in [0, 0.1) is 23.7 Å². The van der Waals surface area contributed by atoms with Gasteiger partial charge in [-0.15, -0.1) is 0 Å². The number of benzene rings is 1. The van der Waals surface area contributed by atoms with E-state index in [-0.39, 0.29) is 17.7 Å². The van der Waals surface area contributed by atoms with E-state index in [1.807, 2.05) is 0 Å². The van der Waals surface area contributed by atoms with Crippen LogP contribution in [0.2, 0.25) is 0 Å². The number of aliphatic carboxylic acids is 1. The molecule has 0 aromatic heterocycles. The van der Waals surface area contributed by atoms with E-state index < -0.39 is 17.8 Å². The van der Waals surface area contributed by atoms with Crippen molar-refractivity contribution in [1.82, 2.24) is 0 Å². The lowest BCUT2D eigenvalue weighted by Gasteiger charge is -2.27. The number of nitrogens with one attached hydrogen (secondary N) is 1. The Kier molecular flexibility index (Phi) is 3.57. The van der Waals surface area contributed by atoms with Gasteiger partial charge in [-0.3, -0.25) is 9.59 Å². The summed E-state index contributed by atoms with van der Waals surface area (Å²) in [7, 11) is 1.57. The van der Waals surface area contributed by atoms with Crippen molar-refractivity contribution < 1.29 is 19.4 Å². The summed E-state index contributed by atoms with van der Waals surface area (Å²) in [4.78, 5) is 24.0. The Morgan fingerprint density at radius 1 is 1.24 bits per heavy atom. The van der Waals surface area contributed by atoms with Gasteiger partial charge >= 0.3 is 5.97 Å². The number of fused-ring (bicyclic) bond motifs is 2. The summed E-state index contributed by atoms with van der Waals surface area (Å²) in [5.74, 6) is -0.927. The van der Waals surface area contributed by atoms with Crippen LogP contribution < -0.4 is 10.1 Å². The zero-order valence-corrected chi connectivity index (χ0v) is 11.9. The van der Waals surface area contributed by atoms with Gasteiger partial charge < -0.3 is 15.2 Å². The van der Waals surface area contributed by atoms with Gasteiger partial charge in [0, 0.05) is 11.8 Å². The van der Waals surface area contributed by atoms with Crippen LogP contribution in [0.1, 0.15) is 19.3 Å². The first-order chi connectivity index (χ1) is 10.1. The lowest BCUT2D eigenvalue weighted by molar-refractivity contribution is -0.148. The normalized spacial score (nSPS) is 30.1. The molecule has 0 heterocycles. The Labute approximate surface area is 123 Å². The molecule has 2 aliphatic carbocycles. The van der Waals surface area contributed by atoms with Gasteiger partial charge in [-0.05, 0) is 43.2 Å². The molecule has 0 radical (unpaired) electrons. The van der Waals surface area contributed by atoms with Crippen LogP contribution in [0.15, 0.2) is 24.3 Å². The number of rotatable bonds is 4. The van der Waals surface area contributed by atoms with E-state index in [9.17, 15) is 14.7 Å². The number of hydrogen-bond donors (Lipinski definition) is 2. The number of methoxy groups -OCH3 is 1. The highest BCUT2D eigenvalue weighted by Gasteiger charge is 2.53. The number of carbonyl (C=O) groups excluding carboxylic acids is 1. The van der Waals surface area contributed by atoms with E-state index in [0.717, 1.165) is 19.3 Å². The Morgan fingerprint density at radius 2 is 1.95 bits per heavy atom. The minimum absolute atomic E-state index is 0.161. The fourth-order valence-electron chi connectivity index (χ4n) is 3.95. The molecule has 2 fully saturated rings. The van der Waals surface area contributed by atoms with Crippen molar-refractivity contribution in [1.29, 1.82) is 0 Å². The topological polar surface area (TPSA) is 75.6 Å². The maximum Gasteiger partial charge on any atom is 0.307 e. The highest BCUT2D eigenvalue weighted by molar-refractivity contribution is 5.96. The average molecular weight is 289 g/mol. The third-order valence-corrected chi connectivity index (χ3v) is 4.84. The molecule has 0 unspecified atom stereocenters. The molecule has 0 saturated heterocycles. The van der Waals surface area contributed by atoms with Gasteiger partial charge in [0.1, 0.15) is 5.75 Å². The third-order valence-electron chi connectivity index (χ3n) is 4.84. The summed E-state index contributed by atoms with van der Waals surface area (Å²) >= 11 is 0. The standard InChI is InChI=1S/C16H19NO4/c1-21-12-4-2-3-11(8-12)17-15(18)13-9-5-6-10(7-9)14(13)16(19)20/h2-4,8-10,13-14H,5-7H2,1H3,(H,17,18)(H,19,20)/t9-,10-,13+,14+/m0/s1. The van der Waals surface area contributed by atoms with Gasteiger partial charge in [-0.2, -0.15) is 0 Å². The van der Waals surface area contributed by atoms with Gasteiger partial charge in [0.25, 0.3) is 0 Å². The second-order valence-corrected chi connectivity index (χ2v) is 5.94. The quantitative estimate of drug-likeness (QED) is 0.892. The fraction of sp³-hybridized carbons (Fsp3) is 0.500. The van der Waals surface area contributed by atoms with E-state index in [1.165, 1.54) is 0 Å². The van der Waals surface area contributed by atoms with Gasteiger partial charge in [0.2, 0.25) is 5.91 Å². The summed E-state index contributed by atoms with van der Waals surface area (Å²) in [5, 5.41) is 12.2. The fourth-order valence-corrected chi connectivity index (χ4v) is 3.95. The second-order valence-electron chi connectivity index (χ2n) is 5.94. The summed E-state index contributed by atoms with van der Waals surface area (Å²) < 4.78 is 5.13. The highest BCUT2D eigenvalue weighted by Crippen LogP contribution is 2.52. The molecule has 5 heteroatoms. The number of amides is 1. The summed E-state index contributed by atoms with van der Waals surface area (Å²) in [6, 6.07) is 7.11. The molecule has 0 aliphatic heterocycles. The van der Waals surface area contributed by atoms with Crippen LogP contribution in [0.25, 0.3) is 0 Å². The van der Waals surface area contributed by atoms with Gasteiger partial charge in [0.05, 0.1) is 18.9 Å². The molecule has 112 valence electrons. The summed E-state index contributed by atoms with van der Waals surface area (Å²) in [5.41, 5.74) is 0.645. The zero-order chi connectivity index (χ0) is 15.0. The first-order valence-corrected chi connectivity index (χ1v) is 7.28. The van der Waals surface area contributed by atoms with E-state index in [0.29, 0.717) is 11.4 Å². The van der Waals surface area contributed by atoms with Gasteiger partial charge in [-0.1, -0.05) is 6.07 Å². The largest absolute Gasteiger partial charge is 0.497 e. The molecule has 0 spiro atoms. The number of anilines is 1. The molecule has 3 rings (SSSR count). The van der Waals surface area contributed by atoms with Crippen molar-refractivity contribution >= 4 is 17.6 Å². The average Bonchev–Trinajstić information content (AvgIpc) is 3.07. The lowest BCUT2D eigenvalue weighted by Crippen LogP contribution is -2.37. The minimum atomic E-state index is -0.840. The summed E-state index contributed by atoms with van der Waals surface area (Å²) in [6.45, 7) is 0. The molecule has 1 amide bonds. The van der Waals surface area contributed by atoms with E-state index in [2.05, 4.69) is 5.32 Å². The smallest absolute Gasteiger partial charge is 0.307 e. The Hall–Kier alpha value is -2.04. The van der Waals surface area contributed by atoms with Gasteiger partial charge in [-0.25, -0.2) is 0 Å². The molecule has 2 bridgehead atoms. The predicted octanol–water partition coefficient (Wildman–Crippen LogP) is 2.38. The Morgan fingerprint density at radius 3 is 2.62 bits per heavy atom. The number of ether oxygens (including phenoxy) is 1. The molecule has 4 atom stereocenters. The van der Waals surface area contributed by atoms with Crippen molar-refractivity contribution in [2.45, 2.75) is 19.3 Å². The minimum Gasteiger partial charge on any atom is -0.497 e. The number of hydrogen-bond acceptors (Lipinski definition) is 3. The SMILES string of the molecule is COc1cccc(NC(=O)[C@@H]2[C@H]3CC[C@@H](C3)[C@H]2C(=O)O)c1. The van der Waals surface area contributed by atoms with Crippen molar-refractivity contribution in [3.05, 3.63) is 24.3 Å². The molecule has 1 aromatic rings. The summed E-state index contributed by atoms with van der Waals surface area (Å²) in [6.07, 6.45) is 2.77. The molecule has 2 aliphatic rings. The maximum atomic E-state index is 12.5. The maximum absolute atomic E-state index is 12.5. The molecule has 1 aromatic carbocycles. The van der Waals surface area contributed by atoms with Crippen LogP contribution in [-0.2, 0) is 9.59 Å². The van der Waals surface area contributed by atoms with E-state index >= 15 is 0 Å². The lowest BCUT2D eigenvalue weighted by atomic mass is 9.78. The van der Waals surface area contributed by atoms with Crippen LogP contribution in [0.4, 0.5) is 5.69 Å². The van der Waals surface area contributed by atoms with Crippen molar-refractivity contribution in [2.24, 2.45) is 23.7 Å². The van der Waals surface area contributed by atoms with Crippen LogP contribution in [0.5, 0.6) is 5.75 Å². The molecular formula is C16H19NO4. The first-order valence-electron chi connectivity index (χ1n) is 7.28. The third kappa shape index (κ3) is 2.48. The number of carboxylic acid groups (broad SMARTS) is 1. The Balaban J connectivity index is 1.76. The van der Waals surface area contributed by atoms with Gasteiger partial charge in [0.15, 0.2) is 0 Å². The number of carbonyl (C=O) groups is 2. The molecule has 5 nitrogen and oxygen atoms in total. The van der Waals surface area contributed by atoms with Crippen LogP contribution in [0.3, 0.4) is 0 Å². The molecule has 2 saturated carbocycles. The van der Waals surface area contributed by atoms with Crippen molar-refractivity contribution in [3.8, 4) is 5.75 Å². The second kappa shape index (κ2) is 5.39. The van der Waals surface area contributed by atoms with E-state index in [4.69, 9.17) is 4.74 Å². The zero-order valence-electron chi connectivity index (χ0n) is 11.9. The van der Waals surface area contributed by atoms with Crippen LogP contribution in [-0.4, -0.2) is 24.1 Å². The molecule has 21 heavy (non-hydrogen) atoms. The van der Waals surface area contributed by atoms with Crippen molar-refractivity contribution in [2.75, 3.05) is 12.4 Å².